The third kappa shape index (κ3) is 3.76. The largest absolute Gasteiger partial charge is 0.374 e. The third-order valence-electron chi connectivity index (χ3n) is 5.63. The lowest BCUT2D eigenvalue weighted by molar-refractivity contribution is 0.117. The van der Waals surface area contributed by atoms with Crippen molar-refractivity contribution in [2.75, 3.05) is 0 Å². The lowest BCUT2D eigenvalue weighted by Crippen LogP contribution is -2.31. The molecule has 0 radical (unpaired) electrons. The monoisotopic (exact) mass is 478 g/mol. The lowest BCUT2D eigenvalue weighted by atomic mass is 9.83. The zero-order valence-electron chi connectivity index (χ0n) is 17.4. The van der Waals surface area contributed by atoms with Crippen molar-refractivity contribution in [1.29, 1.82) is 0 Å². The van der Waals surface area contributed by atoms with Crippen LogP contribution in [-0.4, -0.2) is 24.6 Å². The molecule has 0 bridgehead atoms. The summed E-state index contributed by atoms with van der Waals surface area (Å²) >= 11 is 12.4. The van der Waals surface area contributed by atoms with Crippen LogP contribution in [0.4, 0.5) is 4.39 Å². The van der Waals surface area contributed by atoms with E-state index in [1.807, 2.05) is 18.2 Å². The molecule has 5 rings (SSSR count). The number of aliphatic hydroxyl groups is 1. The number of rotatable bonds is 4. The van der Waals surface area contributed by atoms with E-state index in [1.165, 1.54) is 12.1 Å². The summed E-state index contributed by atoms with van der Waals surface area (Å²) in [4.78, 5) is 13.0. The zero-order chi connectivity index (χ0) is 23.2. The van der Waals surface area contributed by atoms with Crippen molar-refractivity contribution in [2.45, 2.75) is 5.60 Å². The van der Waals surface area contributed by atoms with Gasteiger partial charge in [0.2, 0.25) is 5.28 Å². The van der Waals surface area contributed by atoms with Gasteiger partial charge in [-0.05, 0) is 59.1 Å². The maximum absolute atomic E-state index is 13.7. The van der Waals surface area contributed by atoms with Crippen LogP contribution in [0.15, 0.2) is 79.3 Å². The maximum atomic E-state index is 13.7. The molecule has 0 fully saturated rings. The van der Waals surface area contributed by atoms with Crippen LogP contribution in [0.2, 0.25) is 10.3 Å². The summed E-state index contributed by atoms with van der Waals surface area (Å²) < 4.78 is 15.4. The van der Waals surface area contributed by atoms with Crippen LogP contribution in [0, 0.1) is 5.82 Å². The maximum Gasteiger partial charge on any atom is 0.223 e. The van der Waals surface area contributed by atoms with Crippen LogP contribution in [-0.2, 0) is 12.6 Å². The van der Waals surface area contributed by atoms with Crippen molar-refractivity contribution < 1.29 is 9.50 Å². The number of aromatic nitrogens is 4. The quantitative estimate of drug-likeness (QED) is 0.333. The highest BCUT2D eigenvalue weighted by molar-refractivity contribution is 6.31. The first-order valence-corrected chi connectivity index (χ1v) is 10.8. The van der Waals surface area contributed by atoms with E-state index in [1.54, 1.807) is 60.5 Å². The number of benzene rings is 3. The average Bonchev–Trinajstić information content (AvgIpc) is 3.24. The number of imidazole rings is 1. The molecule has 164 valence electrons. The van der Waals surface area contributed by atoms with E-state index < -0.39 is 11.4 Å². The lowest BCUT2D eigenvalue weighted by Gasteiger charge is -2.30. The Bertz CT molecular complexity index is 1490. The minimum atomic E-state index is -1.61. The van der Waals surface area contributed by atoms with Crippen molar-refractivity contribution in [2.24, 2.45) is 7.05 Å². The second-order valence-electron chi connectivity index (χ2n) is 7.69. The molecule has 0 spiro atoms. The molecule has 1 N–H and O–H groups in total. The first-order valence-electron chi connectivity index (χ1n) is 10.0. The van der Waals surface area contributed by atoms with Crippen LogP contribution >= 0.6 is 23.2 Å². The van der Waals surface area contributed by atoms with Gasteiger partial charge in [-0.25, -0.2) is 19.3 Å². The van der Waals surface area contributed by atoms with Crippen molar-refractivity contribution in [3.8, 4) is 11.3 Å². The van der Waals surface area contributed by atoms with Gasteiger partial charge in [0.15, 0.2) is 5.60 Å². The average molecular weight is 479 g/mol. The molecule has 0 aliphatic rings. The molecule has 0 aliphatic heterocycles. The number of aryl methyl sites for hydroxylation is 1. The van der Waals surface area contributed by atoms with Crippen LogP contribution in [0.25, 0.3) is 22.2 Å². The summed E-state index contributed by atoms with van der Waals surface area (Å²) in [5, 5.41) is 13.5. The fourth-order valence-electron chi connectivity index (χ4n) is 4.04. The Balaban J connectivity index is 1.80. The zero-order valence-corrected chi connectivity index (χ0v) is 18.9. The van der Waals surface area contributed by atoms with Gasteiger partial charge in [-0.3, -0.25) is 0 Å². The van der Waals surface area contributed by atoms with E-state index in [0.29, 0.717) is 38.4 Å². The van der Waals surface area contributed by atoms with Crippen molar-refractivity contribution in [3.05, 3.63) is 112 Å². The molecule has 0 saturated heterocycles. The summed E-state index contributed by atoms with van der Waals surface area (Å²) in [5.41, 5.74) is 1.90. The summed E-state index contributed by atoms with van der Waals surface area (Å²) in [7, 11) is 1.79. The molecule has 0 amide bonds. The van der Waals surface area contributed by atoms with Crippen molar-refractivity contribution in [1.82, 2.24) is 19.5 Å². The van der Waals surface area contributed by atoms with Gasteiger partial charge in [0, 0.05) is 23.0 Å². The van der Waals surface area contributed by atoms with Gasteiger partial charge >= 0.3 is 0 Å². The normalized spacial score (nSPS) is 13.2. The second-order valence-corrected chi connectivity index (χ2v) is 8.47. The molecule has 1 atom stereocenters. The summed E-state index contributed by atoms with van der Waals surface area (Å²) in [5.74, 6) is -0.393. The molecule has 8 heteroatoms. The van der Waals surface area contributed by atoms with Gasteiger partial charge in [-0.1, -0.05) is 41.9 Å². The number of fused-ring (bicyclic) bond motifs is 1. The van der Waals surface area contributed by atoms with Crippen LogP contribution in [0.1, 0.15) is 16.8 Å². The van der Waals surface area contributed by atoms with Crippen LogP contribution < -0.4 is 0 Å². The SMILES string of the molecule is Cn1cncc1C(O)(c1ccc(F)cc1)c1ccc2nc(Cl)nc(-c3cccc(Cl)c3)c2c1. The van der Waals surface area contributed by atoms with E-state index in [4.69, 9.17) is 23.2 Å². The number of halogens is 3. The Morgan fingerprint density at radius 3 is 2.39 bits per heavy atom. The highest BCUT2D eigenvalue weighted by Crippen LogP contribution is 2.39. The Morgan fingerprint density at radius 2 is 1.70 bits per heavy atom. The minimum absolute atomic E-state index is 0.102. The predicted molar refractivity (Wildman–Crippen MR) is 127 cm³/mol. The molecular weight excluding hydrogens is 462 g/mol. The van der Waals surface area contributed by atoms with E-state index in [-0.39, 0.29) is 5.28 Å². The highest BCUT2D eigenvalue weighted by atomic mass is 35.5. The smallest absolute Gasteiger partial charge is 0.223 e. The van der Waals surface area contributed by atoms with Gasteiger partial charge in [-0.15, -0.1) is 0 Å². The molecule has 5 aromatic rings. The van der Waals surface area contributed by atoms with E-state index in [9.17, 15) is 9.50 Å². The topological polar surface area (TPSA) is 63.8 Å². The van der Waals surface area contributed by atoms with Gasteiger partial charge in [0.05, 0.1) is 29.4 Å². The molecular formula is C25H17Cl2FN4O. The first kappa shape index (κ1) is 21.5. The molecule has 0 saturated carbocycles. The third-order valence-corrected chi connectivity index (χ3v) is 6.04. The number of hydrogen-bond donors (Lipinski definition) is 1. The molecule has 5 nitrogen and oxygen atoms in total. The fraction of sp³-hybridized carbons (Fsp3) is 0.0800. The Morgan fingerprint density at radius 1 is 0.939 bits per heavy atom. The minimum Gasteiger partial charge on any atom is -0.374 e. The molecule has 3 aromatic carbocycles. The Hall–Kier alpha value is -3.32. The molecule has 1 unspecified atom stereocenters. The number of hydrogen-bond acceptors (Lipinski definition) is 4. The molecule has 2 heterocycles. The Labute approximate surface area is 199 Å². The second kappa shape index (κ2) is 8.23. The highest BCUT2D eigenvalue weighted by Gasteiger charge is 2.37. The van der Waals surface area contributed by atoms with E-state index in [0.717, 1.165) is 5.56 Å². The standard InChI is InChI=1S/C25H17Cl2FN4O/c1-32-14-29-13-22(32)25(33,16-5-8-19(28)9-6-16)17-7-10-21-20(12-17)23(31-24(27)30-21)15-3-2-4-18(26)11-15/h2-14,33H,1H3. The van der Waals surface area contributed by atoms with Crippen molar-refractivity contribution in [3.63, 3.8) is 0 Å². The van der Waals surface area contributed by atoms with Crippen molar-refractivity contribution >= 4 is 34.1 Å². The van der Waals surface area contributed by atoms with E-state index in [2.05, 4.69) is 15.0 Å². The van der Waals surface area contributed by atoms with Gasteiger partial charge in [0.1, 0.15) is 5.82 Å². The summed E-state index contributed by atoms with van der Waals surface area (Å²) in [6, 6.07) is 18.4. The number of nitrogens with zero attached hydrogens (tertiary/aromatic N) is 4. The molecule has 0 aliphatic carbocycles. The first-order chi connectivity index (χ1) is 15.9. The molecule has 2 aromatic heterocycles. The predicted octanol–water partition coefficient (Wildman–Crippen LogP) is 5.76. The van der Waals surface area contributed by atoms with Crippen LogP contribution in [0.5, 0.6) is 0 Å². The van der Waals surface area contributed by atoms with Gasteiger partial charge < -0.3 is 9.67 Å². The summed E-state index contributed by atoms with van der Waals surface area (Å²) in [6.45, 7) is 0. The Kier molecular flexibility index (Phi) is 5.37. The summed E-state index contributed by atoms with van der Waals surface area (Å²) in [6.07, 6.45) is 3.19. The van der Waals surface area contributed by atoms with Crippen LogP contribution in [0.3, 0.4) is 0 Å². The molecule has 33 heavy (non-hydrogen) atoms. The fourth-order valence-corrected chi connectivity index (χ4v) is 4.41. The van der Waals surface area contributed by atoms with Gasteiger partial charge in [-0.2, -0.15) is 0 Å². The van der Waals surface area contributed by atoms with Gasteiger partial charge in [0.25, 0.3) is 0 Å². The van der Waals surface area contributed by atoms with E-state index >= 15 is 0 Å².